The van der Waals surface area contributed by atoms with Gasteiger partial charge in [0, 0.05) is 23.5 Å². The third-order valence-electron chi connectivity index (χ3n) is 3.21. The smallest absolute Gasteiger partial charge is 0.292 e. The second-order valence-electron chi connectivity index (χ2n) is 4.42. The zero-order valence-corrected chi connectivity index (χ0v) is 10.2. The number of aryl methyl sites for hydroxylation is 3. The van der Waals surface area contributed by atoms with E-state index in [1.165, 1.54) is 16.5 Å². The SMILES string of the molecule is Cc1nc(N)oc1CCc1c[nH]c2ccccc12. The molecule has 0 aliphatic carbocycles. The molecule has 3 N–H and O–H groups in total. The monoisotopic (exact) mass is 241 g/mol. The van der Waals surface area contributed by atoms with Gasteiger partial charge in [-0.3, -0.25) is 0 Å². The Balaban J connectivity index is 1.83. The molecule has 0 aliphatic heterocycles. The van der Waals surface area contributed by atoms with Crippen LogP contribution in [0.15, 0.2) is 34.9 Å². The summed E-state index contributed by atoms with van der Waals surface area (Å²) in [4.78, 5) is 7.35. The van der Waals surface area contributed by atoms with Gasteiger partial charge in [-0.1, -0.05) is 18.2 Å². The van der Waals surface area contributed by atoms with Crippen LogP contribution in [0.1, 0.15) is 17.0 Å². The number of anilines is 1. The van der Waals surface area contributed by atoms with Crippen LogP contribution in [0.5, 0.6) is 0 Å². The Morgan fingerprint density at radius 2 is 2.11 bits per heavy atom. The van der Waals surface area contributed by atoms with Gasteiger partial charge in [0.2, 0.25) is 0 Å². The number of nitrogen functional groups attached to an aromatic ring is 1. The number of H-pyrrole nitrogens is 1. The number of nitrogens with one attached hydrogen (secondary N) is 1. The van der Waals surface area contributed by atoms with Crippen molar-refractivity contribution in [2.45, 2.75) is 19.8 Å². The molecule has 1 aromatic carbocycles. The summed E-state index contributed by atoms with van der Waals surface area (Å²) in [7, 11) is 0. The molecule has 0 atom stereocenters. The molecule has 2 aromatic heterocycles. The summed E-state index contributed by atoms with van der Waals surface area (Å²) >= 11 is 0. The highest BCUT2D eigenvalue weighted by Gasteiger charge is 2.09. The van der Waals surface area contributed by atoms with Crippen molar-refractivity contribution in [3.8, 4) is 0 Å². The number of nitrogens with two attached hydrogens (primary N) is 1. The zero-order valence-electron chi connectivity index (χ0n) is 10.2. The number of fused-ring (bicyclic) bond motifs is 1. The van der Waals surface area contributed by atoms with Gasteiger partial charge in [-0.15, -0.1) is 0 Å². The molecule has 0 bridgehead atoms. The molecule has 0 saturated carbocycles. The predicted molar refractivity (Wildman–Crippen MR) is 71.4 cm³/mol. The van der Waals surface area contributed by atoms with Gasteiger partial charge in [-0.2, -0.15) is 4.98 Å². The highest BCUT2D eigenvalue weighted by atomic mass is 16.4. The Hall–Kier alpha value is -2.23. The highest BCUT2D eigenvalue weighted by molar-refractivity contribution is 5.83. The lowest BCUT2D eigenvalue weighted by Crippen LogP contribution is -1.90. The third kappa shape index (κ3) is 1.86. The molecule has 4 heteroatoms. The summed E-state index contributed by atoms with van der Waals surface area (Å²) in [6, 6.07) is 8.54. The average Bonchev–Trinajstić information content (AvgIpc) is 2.90. The fourth-order valence-corrected chi connectivity index (χ4v) is 2.27. The largest absolute Gasteiger partial charge is 0.429 e. The maximum atomic E-state index is 5.53. The number of rotatable bonds is 3. The quantitative estimate of drug-likeness (QED) is 0.740. The number of oxazole rings is 1. The predicted octanol–water partition coefficient (Wildman–Crippen LogP) is 2.83. The first kappa shape index (κ1) is 10.9. The molecule has 0 fully saturated rings. The van der Waals surface area contributed by atoms with E-state index in [9.17, 15) is 0 Å². The van der Waals surface area contributed by atoms with E-state index in [1.54, 1.807) is 0 Å². The molecule has 92 valence electrons. The molecular formula is C14H15N3O. The first-order chi connectivity index (χ1) is 8.74. The third-order valence-corrected chi connectivity index (χ3v) is 3.21. The van der Waals surface area contributed by atoms with Crippen molar-refractivity contribution in [3.63, 3.8) is 0 Å². The highest BCUT2D eigenvalue weighted by Crippen LogP contribution is 2.20. The molecule has 18 heavy (non-hydrogen) atoms. The Kier molecular flexibility index (Phi) is 2.55. The van der Waals surface area contributed by atoms with Gasteiger partial charge in [0.05, 0.1) is 5.69 Å². The van der Waals surface area contributed by atoms with Crippen molar-refractivity contribution < 1.29 is 4.42 Å². The lowest BCUT2D eigenvalue weighted by molar-refractivity contribution is 0.520. The molecule has 3 rings (SSSR count). The second-order valence-corrected chi connectivity index (χ2v) is 4.42. The van der Waals surface area contributed by atoms with Crippen LogP contribution in [0.4, 0.5) is 6.01 Å². The van der Waals surface area contributed by atoms with Crippen LogP contribution >= 0.6 is 0 Å². The van der Waals surface area contributed by atoms with Crippen molar-refractivity contribution in [1.82, 2.24) is 9.97 Å². The van der Waals surface area contributed by atoms with Crippen molar-refractivity contribution >= 4 is 16.9 Å². The molecule has 0 amide bonds. The number of aromatic nitrogens is 2. The van der Waals surface area contributed by atoms with Crippen LogP contribution in [0.3, 0.4) is 0 Å². The summed E-state index contributed by atoms with van der Waals surface area (Å²) in [6.45, 7) is 1.92. The summed E-state index contributed by atoms with van der Waals surface area (Å²) in [5.41, 5.74) is 8.88. The summed E-state index contributed by atoms with van der Waals surface area (Å²) in [6.07, 6.45) is 3.79. The maximum absolute atomic E-state index is 5.53. The van der Waals surface area contributed by atoms with Crippen molar-refractivity contribution in [1.29, 1.82) is 0 Å². The fourth-order valence-electron chi connectivity index (χ4n) is 2.27. The topological polar surface area (TPSA) is 67.8 Å². The van der Waals surface area contributed by atoms with Gasteiger partial charge in [-0.05, 0) is 25.0 Å². The lowest BCUT2D eigenvalue weighted by Gasteiger charge is -1.98. The van der Waals surface area contributed by atoms with Crippen molar-refractivity contribution in [2.24, 2.45) is 0 Å². The minimum Gasteiger partial charge on any atom is -0.429 e. The fraction of sp³-hybridized carbons (Fsp3) is 0.214. The Morgan fingerprint density at radius 1 is 1.28 bits per heavy atom. The Bertz CT molecular complexity index is 681. The lowest BCUT2D eigenvalue weighted by atomic mass is 10.1. The average molecular weight is 241 g/mol. The van der Waals surface area contributed by atoms with Crippen LogP contribution in [0.2, 0.25) is 0 Å². The molecule has 3 aromatic rings. The van der Waals surface area contributed by atoms with Gasteiger partial charge in [0.1, 0.15) is 5.76 Å². The van der Waals surface area contributed by atoms with E-state index in [2.05, 4.69) is 34.4 Å². The molecular weight excluding hydrogens is 226 g/mol. The van der Waals surface area contributed by atoms with Gasteiger partial charge in [-0.25, -0.2) is 0 Å². The molecule has 0 aliphatic rings. The molecule has 0 unspecified atom stereocenters. The summed E-state index contributed by atoms with van der Waals surface area (Å²) in [5.74, 6) is 0.873. The Labute approximate surface area is 105 Å². The van der Waals surface area contributed by atoms with Crippen LogP contribution in [0, 0.1) is 6.92 Å². The standard InChI is InChI=1S/C14H15N3O/c1-9-13(18-14(15)17-9)7-6-10-8-16-12-5-3-2-4-11(10)12/h2-5,8,16H,6-7H2,1H3,(H2,15,17). The zero-order chi connectivity index (χ0) is 12.5. The molecule has 4 nitrogen and oxygen atoms in total. The number of benzene rings is 1. The van der Waals surface area contributed by atoms with E-state index in [0.717, 1.165) is 24.3 Å². The van der Waals surface area contributed by atoms with E-state index >= 15 is 0 Å². The number of aromatic amines is 1. The minimum atomic E-state index is 0.251. The van der Waals surface area contributed by atoms with E-state index in [1.807, 2.05) is 13.0 Å². The van der Waals surface area contributed by atoms with Crippen molar-refractivity contribution in [2.75, 3.05) is 5.73 Å². The van der Waals surface area contributed by atoms with Gasteiger partial charge in [0.25, 0.3) is 6.01 Å². The van der Waals surface area contributed by atoms with E-state index in [-0.39, 0.29) is 6.01 Å². The normalized spacial score (nSPS) is 11.2. The van der Waals surface area contributed by atoms with Crippen LogP contribution in [0.25, 0.3) is 10.9 Å². The first-order valence-corrected chi connectivity index (χ1v) is 6.01. The summed E-state index contributed by atoms with van der Waals surface area (Å²) < 4.78 is 5.38. The Morgan fingerprint density at radius 3 is 2.89 bits per heavy atom. The number of para-hydroxylation sites is 1. The van der Waals surface area contributed by atoms with Crippen LogP contribution in [-0.2, 0) is 12.8 Å². The van der Waals surface area contributed by atoms with Gasteiger partial charge in [0.15, 0.2) is 0 Å². The first-order valence-electron chi connectivity index (χ1n) is 6.01. The second kappa shape index (κ2) is 4.22. The molecule has 0 radical (unpaired) electrons. The number of hydrogen-bond acceptors (Lipinski definition) is 3. The van der Waals surface area contributed by atoms with Crippen molar-refractivity contribution in [3.05, 3.63) is 47.5 Å². The van der Waals surface area contributed by atoms with E-state index < -0.39 is 0 Å². The molecule has 0 spiro atoms. The maximum Gasteiger partial charge on any atom is 0.292 e. The molecule has 0 saturated heterocycles. The van der Waals surface area contributed by atoms with Crippen LogP contribution < -0.4 is 5.73 Å². The van der Waals surface area contributed by atoms with E-state index in [4.69, 9.17) is 10.2 Å². The summed E-state index contributed by atoms with van der Waals surface area (Å²) in [5, 5.41) is 1.27. The minimum absolute atomic E-state index is 0.251. The molecule has 2 heterocycles. The van der Waals surface area contributed by atoms with Gasteiger partial charge >= 0.3 is 0 Å². The number of hydrogen-bond donors (Lipinski definition) is 2. The van der Waals surface area contributed by atoms with E-state index in [0.29, 0.717) is 0 Å². The van der Waals surface area contributed by atoms with Crippen LogP contribution in [-0.4, -0.2) is 9.97 Å². The number of nitrogens with zero attached hydrogens (tertiary/aromatic N) is 1. The van der Waals surface area contributed by atoms with Gasteiger partial charge < -0.3 is 15.1 Å².